The number of ether oxygens (including phenoxy) is 1. The third-order valence-corrected chi connectivity index (χ3v) is 1.88. The molecule has 94 valence electrons. The second kappa shape index (κ2) is 6.44. The van der Waals surface area contributed by atoms with Crippen molar-refractivity contribution >= 4 is 11.9 Å². The molecule has 16 heavy (non-hydrogen) atoms. The van der Waals surface area contributed by atoms with E-state index >= 15 is 0 Å². The molecular weight excluding hydrogens is 212 g/mol. The molecule has 0 saturated heterocycles. The molecule has 0 bridgehead atoms. The van der Waals surface area contributed by atoms with Crippen molar-refractivity contribution in [2.75, 3.05) is 13.7 Å². The summed E-state index contributed by atoms with van der Waals surface area (Å²) in [7, 11) is 1.41. The fraction of sp³-hybridized carbons (Fsp3) is 0.800. The van der Waals surface area contributed by atoms with E-state index in [0.717, 1.165) is 0 Å². The topological polar surface area (TPSA) is 102 Å². The van der Waals surface area contributed by atoms with E-state index in [1.807, 2.05) is 0 Å². The van der Waals surface area contributed by atoms with Crippen molar-refractivity contribution in [3.8, 4) is 0 Å². The SMILES string of the molecule is COC(CNC(=O)CC(C)(C)N)CC(=O)O. The average Bonchev–Trinajstić information content (AvgIpc) is 2.08. The van der Waals surface area contributed by atoms with Gasteiger partial charge in [-0.25, -0.2) is 0 Å². The van der Waals surface area contributed by atoms with E-state index in [0.29, 0.717) is 0 Å². The van der Waals surface area contributed by atoms with E-state index in [1.165, 1.54) is 7.11 Å². The second-order valence-corrected chi connectivity index (χ2v) is 4.43. The minimum Gasteiger partial charge on any atom is -0.481 e. The van der Waals surface area contributed by atoms with E-state index in [9.17, 15) is 9.59 Å². The van der Waals surface area contributed by atoms with Crippen LogP contribution in [0.4, 0.5) is 0 Å². The lowest BCUT2D eigenvalue weighted by Crippen LogP contribution is -2.41. The van der Waals surface area contributed by atoms with Gasteiger partial charge in [0.2, 0.25) is 5.91 Å². The average molecular weight is 232 g/mol. The number of nitrogens with two attached hydrogens (primary N) is 1. The molecule has 1 amide bonds. The minimum atomic E-state index is -0.958. The molecule has 0 aliphatic rings. The summed E-state index contributed by atoms with van der Waals surface area (Å²) in [5.41, 5.74) is 5.10. The molecular formula is C10H20N2O4. The predicted octanol–water partition coefficient (Wildman–Crippen LogP) is -0.280. The number of nitrogens with one attached hydrogen (secondary N) is 1. The molecule has 0 aromatic heterocycles. The van der Waals surface area contributed by atoms with Gasteiger partial charge < -0.3 is 20.9 Å². The predicted molar refractivity (Wildman–Crippen MR) is 58.9 cm³/mol. The number of hydrogen-bond acceptors (Lipinski definition) is 4. The second-order valence-electron chi connectivity index (χ2n) is 4.43. The molecule has 0 heterocycles. The number of aliphatic carboxylic acids is 1. The zero-order chi connectivity index (χ0) is 12.8. The number of hydrogen-bond donors (Lipinski definition) is 3. The Bertz CT molecular complexity index is 248. The van der Waals surface area contributed by atoms with Crippen molar-refractivity contribution in [1.82, 2.24) is 5.32 Å². The molecule has 0 radical (unpaired) electrons. The van der Waals surface area contributed by atoms with Crippen LogP contribution in [0.1, 0.15) is 26.7 Å². The third-order valence-electron chi connectivity index (χ3n) is 1.88. The molecule has 4 N–H and O–H groups in total. The standard InChI is InChI=1S/C10H20N2O4/c1-10(2,11)5-8(13)12-6-7(16-3)4-9(14)15/h7H,4-6,11H2,1-3H3,(H,12,13)(H,14,15). The van der Waals surface area contributed by atoms with Crippen molar-refractivity contribution < 1.29 is 19.4 Å². The fourth-order valence-electron chi connectivity index (χ4n) is 1.14. The van der Waals surface area contributed by atoms with E-state index < -0.39 is 17.6 Å². The zero-order valence-electron chi connectivity index (χ0n) is 9.95. The normalized spacial score (nSPS) is 13.2. The lowest BCUT2D eigenvalue weighted by Gasteiger charge is -2.19. The molecule has 0 rings (SSSR count). The van der Waals surface area contributed by atoms with Crippen molar-refractivity contribution in [2.45, 2.75) is 38.3 Å². The van der Waals surface area contributed by atoms with Crippen molar-refractivity contribution in [2.24, 2.45) is 5.73 Å². The van der Waals surface area contributed by atoms with Crippen LogP contribution in [0.3, 0.4) is 0 Å². The summed E-state index contributed by atoms with van der Waals surface area (Å²) in [6.45, 7) is 3.67. The first-order chi connectivity index (χ1) is 7.24. The molecule has 0 fully saturated rings. The molecule has 0 spiro atoms. The number of rotatable bonds is 7. The molecule has 0 saturated carbocycles. The van der Waals surface area contributed by atoms with Gasteiger partial charge >= 0.3 is 5.97 Å². The molecule has 0 aromatic carbocycles. The largest absolute Gasteiger partial charge is 0.481 e. The zero-order valence-corrected chi connectivity index (χ0v) is 9.95. The molecule has 6 nitrogen and oxygen atoms in total. The summed E-state index contributed by atoms with van der Waals surface area (Å²) in [5.74, 6) is -1.17. The summed E-state index contributed by atoms with van der Waals surface area (Å²) >= 11 is 0. The Kier molecular flexibility index (Phi) is 5.98. The molecule has 1 unspecified atom stereocenters. The van der Waals surface area contributed by atoms with Crippen LogP contribution in [-0.2, 0) is 14.3 Å². The van der Waals surface area contributed by atoms with Gasteiger partial charge in [0.05, 0.1) is 12.5 Å². The van der Waals surface area contributed by atoms with Crippen LogP contribution in [0.25, 0.3) is 0 Å². The van der Waals surface area contributed by atoms with E-state index in [4.69, 9.17) is 15.6 Å². The highest BCUT2D eigenvalue weighted by molar-refractivity contribution is 5.77. The Morgan fingerprint density at radius 1 is 1.50 bits per heavy atom. The lowest BCUT2D eigenvalue weighted by atomic mass is 10.0. The lowest BCUT2D eigenvalue weighted by molar-refractivity contribution is -0.140. The van der Waals surface area contributed by atoms with Crippen molar-refractivity contribution in [3.63, 3.8) is 0 Å². The molecule has 0 aliphatic carbocycles. The van der Waals surface area contributed by atoms with Crippen LogP contribution in [0, 0.1) is 0 Å². The number of carbonyl (C=O) groups excluding carboxylic acids is 1. The number of carbonyl (C=O) groups is 2. The first kappa shape index (κ1) is 14.9. The summed E-state index contributed by atoms with van der Waals surface area (Å²) in [6.07, 6.45) is -0.457. The van der Waals surface area contributed by atoms with Gasteiger partial charge in [0.25, 0.3) is 0 Å². The maximum atomic E-state index is 11.4. The Balaban J connectivity index is 3.93. The van der Waals surface area contributed by atoms with Crippen LogP contribution in [0.2, 0.25) is 0 Å². The number of methoxy groups -OCH3 is 1. The van der Waals surface area contributed by atoms with E-state index in [1.54, 1.807) is 13.8 Å². The number of carboxylic acid groups (broad SMARTS) is 1. The first-order valence-electron chi connectivity index (χ1n) is 5.05. The minimum absolute atomic E-state index is 0.136. The van der Waals surface area contributed by atoms with Gasteiger partial charge in [-0.05, 0) is 13.8 Å². The molecule has 0 aliphatic heterocycles. The van der Waals surface area contributed by atoms with Gasteiger partial charge in [0.1, 0.15) is 0 Å². The van der Waals surface area contributed by atoms with Gasteiger partial charge in [-0.3, -0.25) is 9.59 Å². The maximum absolute atomic E-state index is 11.4. The maximum Gasteiger partial charge on any atom is 0.306 e. The Labute approximate surface area is 95.1 Å². The van der Waals surface area contributed by atoms with E-state index in [2.05, 4.69) is 5.32 Å². The van der Waals surface area contributed by atoms with Crippen LogP contribution in [-0.4, -0.2) is 42.3 Å². The Hall–Kier alpha value is -1.14. The Morgan fingerprint density at radius 3 is 2.44 bits per heavy atom. The number of carboxylic acids is 1. The quantitative estimate of drug-likeness (QED) is 0.560. The monoisotopic (exact) mass is 232 g/mol. The van der Waals surface area contributed by atoms with Gasteiger partial charge in [-0.15, -0.1) is 0 Å². The first-order valence-corrected chi connectivity index (χ1v) is 5.05. The van der Waals surface area contributed by atoms with Gasteiger partial charge in [0.15, 0.2) is 0 Å². The van der Waals surface area contributed by atoms with E-state index in [-0.39, 0.29) is 25.3 Å². The summed E-state index contributed by atoms with van der Waals surface area (Å²) in [4.78, 5) is 21.8. The smallest absolute Gasteiger partial charge is 0.306 e. The summed E-state index contributed by atoms with van der Waals surface area (Å²) in [5, 5.41) is 11.1. The van der Waals surface area contributed by atoms with Crippen LogP contribution in [0.15, 0.2) is 0 Å². The molecule has 1 atom stereocenters. The number of amides is 1. The fourth-order valence-corrected chi connectivity index (χ4v) is 1.14. The Morgan fingerprint density at radius 2 is 2.06 bits per heavy atom. The van der Waals surface area contributed by atoms with Gasteiger partial charge in [0, 0.05) is 25.6 Å². The van der Waals surface area contributed by atoms with Crippen molar-refractivity contribution in [3.05, 3.63) is 0 Å². The van der Waals surface area contributed by atoms with Crippen LogP contribution in [0.5, 0.6) is 0 Å². The summed E-state index contributed by atoms with van der Waals surface area (Å²) < 4.78 is 4.91. The molecule has 0 aromatic rings. The van der Waals surface area contributed by atoms with Crippen LogP contribution < -0.4 is 11.1 Å². The highest BCUT2D eigenvalue weighted by Crippen LogP contribution is 2.03. The highest BCUT2D eigenvalue weighted by atomic mass is 16.5. The molecule has 6 heteroatoms. The third kappa shape index (κ3) is 8.19. The van der Waals surface area contributed by atoms with Gasteiger partial charge in [-0.1, -0.05) is 0 Å². The van der Waals surface area contributed by atoms with Crippen molar-refractivity contribution in [1.29, 1.82) is 0 Å². The summed E-state index contributed by atoms with van der Waals surface area (Å²) in [6, 6.07) is 0. The van der Waals surface area contributed by atoms with Crippen LogP contribution >= 0.6 is 0 Å². The highest BCUT2D eigenvalue weighted by Gasteiger charge is 2.18. The van der Waals surface area contributed by atoms with Gasteiger partial charge in [-0.2, -0.15) is 0 Å².